The summed E-state index contributed by atoms with van der Waals surface area (Å²) in [5.41, 5.74) is 5.43. The van der Waals surface area contributed by atoms with E-state index in [4.69, 9.17) is 5.26 Å². The maximum absolute atomic E-state index is 9.12. The van der Waals surface area contributed by atoms with Crippen molar-refractivity contribution in [2.45, 2.75) is 38.6 Å². The number of nitriles is 1. The average molecular weight is 343 g/mol. The lowest BCUT2D eigenvalue weighted by molar-refractivity contribution is 0.255. The molecule has 2 heterocycles. The van der Waals surface area contributed by atoms with Crippen LogP contribution in [0.25, 0.3) is 22.0 Å². The summed E-state index contributed by atoms with van der Waals surface area (Å²) in [4.78, 5) is 6.21. The number of hydrogen-bond donors (Lipinski definition) is 1. The van der Waals surface area contributed by atoms with Gasteiger partial charge in [-0.3, -0.25) is 0 Å². The molecule has 0 bridgehead atoms. The summed E-state index contributed by atoms with van der Waals surface area (Å²) in [6, 6.07) is 19.5. The van der Waals surface area contributed by atoms with Gasteiger partial charge in [-0.25, -0.2) is 0 Å². The Hall–Kier alpha value is -2.57. The number of benzene rings is 2. The van der Waals surface area contributed by atoms with Gasteiger partial charge in [0.1, 0.15) is 0 Å². The van der Waals surface area contributed by atoms with Gasteiger partial charge < -0.3 is 9.88 Å². The molecule has 0 aliphatic carbocycles. The van der Waals surface area contributed by atoms with E-state index in [2.05, 4.69) is 60.1 Å². The van der Waals surface area contributed by atoms with Crippen LogP contribution in [0.4, 0.5) is 0 Å². The number of hydrogen-bond acceptors (Lipinski definition) is 2. The van der Waals surface area contributed by atoms with Gasteiger partial charge in [0.15, 0.2) is 0 Å². The van der Waals surface area contributed by atoms with Crippen molar-refractivity contribution in [3.63, 3.8) is 0 Å². The first-order valence-electron chi connectivity index (χ1n) is 9.51. The summed E-state index contributed by atoms with van der Waals surface area (Å²) >= 11 is 0. The smallest absolute Gasteiger partial charge is 0.0991 e. The van der Waals surface area contributed by atoms with Gasteiger partial charge >= 0.3 is 0 Å². The number of aromatic nitrogens is 1. The standard InChI is InChI=1S/C23H25N3/c1-16(15-26-10-4-5-17(26)2)23-13-21-12-20(8-9-22(21)25-23)19-7-3-6-18(11-19)14-24/h3,6-9,11-13,16-17,25H,4-5,10,15H2,1-2H3/t16?,17-/m1/s1. The summed E-state index contributed by atoms with van der Waals surface area (Å²) < 4.78 is 0. The molecule has 3 heteroatoms. The Labute approximate surface area is 155 Å². The number of fused-ring (bicyclic) bond motifs is 1. The minimum absolute atomic E-state index is 0.494. The van der Waals surface area contributed by atoms with Crippen molar-refractivity contribution in [2.24, 2.45) is 0 Å². The van der Waals surface area contributed by atoms with Crippen LogP contribution >= 0.6 is 0 Å². The molecule has 2 aromatic carbocycles. The van der Waals surface area contributed by atoms with Gasteiger partial charge in [-0.15, -0.1) is 0 Å². The fourth-order valence-corrected chi connectivity index (χ4v) is 4.08. The molecule has 26 heavy (non-hydrogen) atoms. The first-order chi connectivity index (χ1) is 12.6. The molecule has 3 nitrogen and oxygen atoms in total. The molecule has 4 rings (SSSR count). The lowest BCUT2D eigenvalue weighted by atomic mass is 10.0. The van der Waals surface area contributed by atoms with Crippen molar-refractivity contribution in [1.29, 1.82) is 5.26 Å². The zero-order valence-electron chi connectivity index (χ0n) is 15.5. The predicted octanol–water partition coefficient (Wildman–Crippen LogP) is 5.29. The minimum atomic E-state index is 0.494. The van der Waals surface area contributed by atoms with Crippen molar-refractivity contribution in [3.05, 3.63) is 59.8 Å². The van der Waals surface area contributed by atoms with Gasteiger partial charge in [-0.2, -0.15) is 5.26 Å². The second-order valence-corrected chi connectivity index (χ2v) is 7.61. The molecule has 3 aromatic rings. The molecule has 0 saturated carbocycles. The van der Waals surface area contributed by atoms with Crippen molar-refractivity contribution < 1.29 is 0 Å². The Kier molecular flexibility index (Phi) is 4.53. The van der Waals surface area contributed by atoms with Crippen LogP contribution < -0.4 is 0 Å². The van der Waals surface area contributed by atoms with Gasteiger partial charge in [-0.1, -0.05) is 25.1 Å². The molecule has 1 unspecified atom stereocenters. The maximum Gasteiger partial charge on any atom is 0.0991 e. The summed E-state index contributed by atoms with van der Waals surface area (Å²) in [6.45, 7) is 7.00. The Morgan fingerprint density at radius 2 is 2.04 bits per heavy atom. The second-order valence-electron chi connectivity index (χ2n) is 7.61. The van der Waals surface area contributed by atoms with Crippen molar-refractivity contribution >= 4 is 10.9 Å². The molecule has 132 valence electrons. The van der Waals surface area contributed by atoms with Gasteiger partial charge in [0.05, 0.1) is 11.6 Å². The van der Waals surface area contributed by atoms with Crippen LogP contribution in [0.2, 0.25) is 0 Å². The van der Waals surface area contributed by atoms with E-state index in [1.54, 1.807) is 0 Å². The number of rotatable bonds is 4. The number of H-pyrrole nitrogens is 1. The molecule has 0 radical (unpaired) electrons. The van der Waals surface area contributed by atoms with Crippen LogP contribution in [-0.4, -0.2) is 29.0 Å². The van der Waals surface area contributed by atoms with E-state index in [0.29, 0.717) is 17.5 Å². The topological polar surface area (TPSA) is 42.8 Å². The van der Waals surface area contributed by atoms with Crippen molar-refractivity contribution in [2.75, 3.05) is 13.1 Å². The lowest BCUT2D eigenvalue weighted by Crippen LogP contribution is -2.30. The van der Waals surface area contributed by atoms with E-state index in [1.807, 2.05) is 18.2 Å². The second kappa shape index (κ2) is 6.97. The third-order valence-electron chi connectivity index (χ3n) is 5.70. The summed E-state index contributed by atoms with van der Waals surface area (Å²) in [7, 11) is 0. The highest BCUT2D eigenvalue weighted by molar-refractivity contribution is 5.86. The molecule has 2 atom stereocenters. The Bertz CT molecular complexity index is 963. The highest BCUT2D eigenvalue weighted by atomic mass is 15.2. The molecular formula is C23H25N3. The third kappa shape index (κ3) is 3.25. The maximum atomic E-state index is 9.12. The zero-order chi connectivity index (χ0) is 18.1. The van der Waals surface area contributed by atoms with Gasteiger partial charge in [0.25, 0.3) is 0 Å². The Morgan fingerprint density at radius 3 is 2.81 bits per heavy atom. The molecule has 0 spiro atoms. The fourth-order valence-electron chi connectivity index (χ4n) is 4.08. The van der Waals surface area contributed by atoms with E-state index in [9.17, 15) is 0 Å². The number of likely N-dealkylation sites (tertiary alicyclic amines) is 1. The fraction of sp³-hybridized carbons (Fsp3) is 0.348. The molecular weight excluding hydrogens is 318 g/mol. The van der Waals surface area contributed by atoms with Crippen LogP contribution in [0, 0.1) is 11.3 Å². The predicted molar refractivity (Wildman–Crippen MR) is 107 cm³/mol. The van der Waals surface area contributed by atoms with Crippen LogP contribution in [0.15, 0.2) is 48.5 Å². The SMILES string of the molecule is CC(CN1CCC[C@H]1C)c1cc2cc(-c3cccc(C#N)c3)ccc2[nH]1. The number of nitrogens with zero attached hydrogens (tertiary/aromatic N) is 2. The molecule has 0 amide bonds. The number of aromatic amines is 1. The highest BCUT2D eigenvalue weighted by Crippen LogP contribution is 2.29. The minimum Gasteiger partial charge on any atom is -0.358 e. The monoisotopic (exact) mass is 343 g/mol. The van der Waals surface area contributed by atoms with Crippen molar-refractivity contribution in [3.8, 4) is 17.2 Å². The molecule has 1 N–H and O–H groups in total. The van der Waals surface area contributed by atoms with Crippen LogP contribution in [0.5, 0.6) is 0 Å². The van der Waals surface area contributed by atoms with E-state index in [1.165, 1.54) is 36.0 Å². The van der Waals surface area contributed by atoms with Crippen LogP contribution in [-0.2, 0) is 0 Å². The third-order valence-corrected chi connectivity index (χ3v) is 5.70. The first-order valence-corrected chi connectivity index (χ1v) is 9.51. The average Bonchev–Trinajstić information content (AvgIpc) is 3.27. The van der Waals surface area contributed by atoms with Crippen LogP contribution in [0.1, 0.15) is 43.9 Å². The van der Waals surface area contributed by atoms with Crippen LogP contribution in [0.3, 0.4) is 0 Å². The first kappa shape index (κ1) is 16.9. The molecule has 1 fully saturated rings. The van der Waals surface area contributed by atoms with Crippen molar-refractivity contribution in [1.82, 2.24) is 9.88 Å². The molecule has 1 aliphatic heterocycles. The molecule has 1 aromatic heterocycles. The summed E-state index contributed by atoms with van der Waals surface area (Å²) in [5.74, 6) is 0.494. The number of nitrogens with one attached hydrogen (secondary N) is 1. The summed E-state index contributed by atoms with van der Waals surface area (Å²) in [6.07, 6.45) is 2.65. The van der Waals surface area contributed by atoms with Gasteiger partial charge in [0, 0.05) is 35.1 Å². The quantitative estimate of drug-likeness (QED) is 0.699. The highest BCUT2D eigenvalue weighted by Gasteiger charge is 2.22. The Morgan fingerprint density at radius 1 is 1.19 bits per heavy atom. The van der Waals surface area contributed by atoms with Gasteiger partial charge in [-0.05, 0) is 67.8 Å². The molecule has 1 aliphatic rings. The van der Waals surface area contributed by atoms with E-state index in [-0.39, 0.29) is 0 Å². The van der Waals surface area contributed by atoms with E-state index in [0.717, 1.165) is 17.7 Å². The van der Waals surface area contributed by atoms with E-state index >= 15 is 0 Å². The molecule has 1 saturated heterocycles. The summed E-state index contributed by atoms with van der Waals surface area (Å²) in [5, 5.41) is 10.4. The van der Waals surface area contributed by atoms with Gasteiger partial charge in [0.2, 0.25) is 0 Å². The largest absolute Gasteiger partial charge is 0.358 e. The lowest BCUT2D eigenvalue weighted by Gasteiger charge is -2.24. The zero-order valence-corrected chi connectivity index (χ0v) is 15.5. The van der Waals surface area contributed by atoms with E-state index < -0.39 is 0 Å². The normalized spacial score (nSPS) is 18.9. The Balaban J connectivity index is 1.60.